The van der Waals surface area contributed by atoms with Crippen molar-refractivity contribution in [2.24, 2.45) is 0 Å². The van der Waals surface area contributed by atoms with Gasteiger partial charge in [-0.1, -0.05) is 54.6 Å². The molecule has 0 saturated carbocycles. The van der Waals surface area contributed by atoms with E-state index in [4.69, 9.17) is 10.00 Å². The number of hydrogen-bond acceptors (Lipinski definition) is 4. The summed E-state index contributed by atoms with van der Waals surface area (Å²) >= 11 is 0. The molecule has 5 nitrogen and oxygen atoms in total. The van der Waals surface area contributed by atoms with E-state index in [0.717, 1.165) is 5.56 Å². The fourth-order valence-electron chi connectivity index (χ4n) is 2.64. The Morgan fingerprint density at radius 2 is 1.66 bits per heavy atom. The zero-order valence-corrected chi connectivity index (χ0v) is 15.5. The number of carbonyl (C=O) groups excluding carboxylic acids is 2. The minimum Gasteiger partial charge on any atom is -0.479 e. The van der Waals surface area contributed by atoms with Gasteiger partial charge in [0.2, 0.25) is 5.91 Å². The van der Waals surface area contributed by atoms with Crippen LogP contribution in [0.1, 0.15) is 21.5 Å². The summed E-state index contributed by atoms with van der Waals surface area (Å²) in [5.74, 6) is 0.183. The largest absolute Gasteiger partial charge is 0.479 e. The lowest BCUT2D eigenvalue weighted by Gasteiger charge is -2.06. The molecular weight excluding hydrogens is 364 g/mol. The maximum atomic E-state index is 12.5. The van der Waals surface area contributed by atoms with E-state index < -0.39 is 0 Å². The van der Waals surface area contributed by atoms with Gasteiger partial charge in [0.25, 0.3) is 0 Å². The molecule has 0 aliphatic rings. The summed E-state index contributed by atoms with van der Waals surface area (Å²) in [6.07, 6.45) is 3.08. The van der Waals surface area contributed by atoms with E-state index in [0.29, 0.717) is 22.6 Å². The molecule has 0 aromatic heterocycles. The third-order valence-corrected chi connectivity index (χ3v) is 4.04. The first-order valence-corrected chi connectivity index (χ1v) is 8.94. The van der Waals surface area contributed by atoms with Crippen LogP contribution in [0.25, 0.3) is 6.08 Å². The number of carbonyl (C=O) groups is 2. The van der Waals surface area contributed by atoms with Crippen molar-refractivity contribution in [1.82, 2.24) is 0 Å². The molecule has 0 fully saturated rings. The number of hydrogen-bond donors (Lipinski definition) is 1. The maximum Gasteiger partial charge on any atom is 0.248 e. The molecule has 0 spiro atoms. The number of rotatable bonds is 7. The quantitative estimate of drug-likeness (QED) is 0.483. The molecule has 3 rings (SSSR count). The Kier molecular flexibility index (Phi) is 6.53. The van der Waals surface area contributed by atoms with Crippen molar-refractivity contribution >= 4 is 23.5 Å². The van der Waals surface area contributed by atoms with Gasteiger partial charge >= 0.3 is 0 Å². The van der Waals surface area contributed by atoms with E-state index in [1.165, 1.54) is 6.08 Å². The summed E-state index contributed by atoms with van der Waals surface area (Å²) in [5.41, 5.74) is 2.46. The molecule has 0 aliphatic carbocycles. The number of ketones is 1. The highest BCUT2D eigenvalue weighted by Crippen LogP contribution is 2.16. The van der Waals surface area contributed by atoms with Gasteiger partial charge < -0.3 is 10.1 Å². The Morgan fingerprint density at radius 3 is 2.38 bits per heavy atom. The van der Waals surface area contributed by atoms with Crippen LogP contribution in [-0.2, 0) is 4.79 Å². The highest BCUT2D eigenvalue weighted by molar-refractivity contribution is 6.10. The Bertz CT molecular complexity index is 1070. The molecule has 1 amide bonds. The van der Waals surface area contributed by atoms with E-state index >= 15 is 0 Å². The number of nitrogens with zero attached hydrogens (tertiary/aromatic N) is 1. The Balaban J connectivity index is 1.63. The van der Waals surface area contributed by atoms with Crippen molar-refractivity contribution in [2.75, 3.05) is 11.9 Å². The van der Waals surface area contributed by atoms with Gasteiger partial charge in [-0.2, -0.15) is 5.26 Å². The highest BCUT2D eigenvalue weighted by Gasteiger charge is 2.09. The molecular formula is C24H18N2O3. The Hall–Kier alpha value is -4.17. The van der Waals surface area contributed by atoms with Crippen molar-refractivity contribution in [2.45, 2.75) is 0 Å². The van der Waals surface area contributed by atoms with Crippen LogP contribution in [0.3, 0.4) is 0 Å². The second-order valence-electron chi connectivity index (χ2n) is 6.11. The minimum atomic E-state index is -0.306. The second-order valence-corrected chi connectivity index (χ2v) is 6.11. The summed E-state index contributed by atoms with van der Waals surface area (Å²) < 4.78 is 5.19. The average molecular weight is 382 g/mol. The molecule has 0 aliphatic heterocycles. The highest BCUT2D eigenvalue weighted by atomic mass is 16.5. The number of nitrogens with one attached hydrogen (secondary N) is 1. The molecule has 5 heteroatoms. The summed E-state index contributed by atoms with van der Waals surface area (Å²) in [6, 6.07) is 24.8. The molecule has 0 atom stereocenters. The summed E-state index contributed by atoms with van der Waals surface area (Å²) in [4.78, 5) is 24.7. The standard InChI is InChI=1S/C24H18N2O3/c25-15-16-29-22-12-9-18(10-13-22)11-14-23(27)26-21-8-4-7-20(17-21)24(28)19-5-2-1-3-6-19/h1-14,17H,16H2,(H,26,27)/b14-11+. The molecule has 142 valence electrons. The first kappa shape index (κ1) is 19.6. The fourth-order valence-corrected chi connectivity index (χ4v) is 2.64. The number of nitriles is 1. The van der Waals surface area contributed by atoms with Crippen LogP contribution >= 0.6 is 0 Å². The maximum absolute atomic E-state index is 12.5. The van der Waals surface area contributed by atoms with Crippen LogP contribution in [0.2, 0.25) is 0 Å². The number of ether oxygens (including phenoxy) is 1. The molecule has 0 saturated heterocycles. The minimum absolute atomic E-state index is 0.0105. The molecule has 0 unspecified atom stereocenters. The van der Waals surface area contributed by atoms with E-state index in [1.54, 1.807) is 66.7 Å². The van der Waals surface area contributed by atoms with Gasteiger partial charge in [-0.25, -0.2) is 0 Å². The SMILES string of the molecule is N#CCOc1ccc(/C=C/C(=O)Nc2cccc(C(=O)c3ccccc3)c2)cc1. The van der Waals surface area contributed by atoms with Crippen LogP contribution in [0, 0.1) is 11.3 Å². The van der Waals surface area contributed by atoms with Crippen molar-refractivity contribution in [3.8, 4) is 11.8 Å². The van der Waals surface area contributed by atoms with Crippen molar-refractivity contribution in [3.63, 3.8) is 0 Å². The van der Waals surface area contributed by atoms with Gasteiger partial charge in [0.15, 0.2) is 12.4 Å². The van der Waals surface area contributed by atoms with Gasteiger partial charge in [-0.15, -0.1) is 0 Å². The molecule has 3 aromatic rings. The predicted octanol–water partition coefficient (Wildman–Crippen LogP) is 4.47. The molecule has 0 bridgehead atoms. The first-order valence-electron chi connectivity index (χ1n) is 8.94. The lowest BCUT2D eigenvalue weighted by atomic mass is 10.0. The van der Waals surface area contributed by atoms with Gasteiger partial charge in [-0.3, -0.25) is 9.59 Å². The average Bonchev–Trinajstić information content (AvgIpc) is 2.77. The summed E-state index contributed by atoms with van der Waals surface area (Å²) in [6.45, 7) is -0.0105. The van der Waals surface area contributed by atoms with Crippen LogP contribution in [0.5, 0.6) is 5.75 Å². The number of amides is 1. The summed E-state index contributed by atoms with van der Waals surface area (Å²) in [5, 5.41) is 11.3. The van der Waals surface area contributed by atoms with Crippen LogP contribution in [0.15, 0.2) is 84.9 Å². The number of benzene rings is 3. The third-order valence-electron chi connectivity index (χ3n) is 4.04. The topological polar surface area (TPSA) is 79.2 Å². The molecule has 0 radical (unpaired) electrons. The Morgan fingerprint density at radius 1 is 0.931 bits per heavy atom. The second kappa shape index (κ2) is 9.67. The van der Waals surface area contributed by atoms with E-state index in [-0.39, 0.29) is 18.3 Å². The van der Waals surface area contributed by atoms with E-state index in [1.807, 2.05) is 24.3 Å². The molecule has 3 aromatic carbocycles. The zero-order chi connectivity index (χ0) is 20.5. The van der Waals surface area contributed by atoms with Gasteiger partial charge in [-0.05, 0) is 35.9 Å². The lowest BCUT2D eigenvalue weighted by Crippen LogP contribution is -2.09. The van der Waals surface area contributed by atoms with Crippen LogP contribution in [0.4, 0.5) is 5.69 Å². The monoisotopic (exact) mass is 382 g/mol. The normalized spacial score (nSPS) is 10.3. The number of anilines is 1. The van der Waals surface area contributed by atoms with E-state index in [9.17, 15) is 9.59 Å². The van der Waals surface area contributed by atoms with Crippen molar-refractivity contribution < 1.29 is 14.3 Å². The Labute approximate surface area is 168 Å². The van der Waals surface area contributed by atoms with Crippen LogP contribution < -0.4 is 10.1 Å². The molecule has 1 N–H and O–H groups in total. The summed E-state index contributed by atoms with van der Waals surface area (Å²) in [7, 11) is 0. The molecule has 0 heterocycles. The van der Waals surface area contributed by atoms with Gasteiger partial charge in [0.1, 0.15) is 11.8 Å². The van der Waals surface area contributed by atoms with Gasteiger partial charge in [0.05, 0.1) is 0 Å². The third kappa shape index (κ3) is 5.65. The van der Waals surface area contributed by atoms with Crippen molar-refractivity contribution in [1.29, 1.82) is 5.26 Å². The molecule has 29 heavy (non-hydrogen) atoms. The fraction of sp³-hybridized carbons (Fsp3) is 0.0417. The zero-order valence-electron chi connectivity index (χ0n) is 15.5. The van der Waals surface area contributed by atoms with Crippen LogP contribution in [-0.4, -0.2) is 18.3 Å². The first-order chi connectivity index (χ1) is 14.2. The smallest absolute Gasteiger partial charge is 0.248 e. The van der Waals surface area contributed by atoms with Gasteiger partial charge in [0, 0.05) is 22.9 Å². The predicted molar refractivity (Wildman–Crippen MR) is 112 cm³/mol. The van der Waals surface area contributed by atoms with E-state index in [2.05, 4.69) is 5.32 Å². The lowest BCUT2D eigenvalue weighted by molar-refractivity contribution is -0.111. The van der Waals surface area contributed by atoms with Crippen molar-refractivity contribution in [3.05, 3.63) is 102 Å².